The summed E-state index contributed by atoms with van der Waals surface area (Å²) < 4.78 is 0. The molecular weight excluding hydrogens is 325 g/mol. The van der Waals surface area contributed by atoms with E-state index in [2.05, 4.69) is 15.5 Å². The zero-order valence-corrected chi connectivity index (χ0v) is 13.8. The first kappa shape index (κ1) is 17.3. The molecule has 7 heteroatoms. The van der Waals surface area contributed by atoms with Gasteiger partial charge in [-0.25, -0.2) is 4.79 Å². The van der Waals surface area contributed by atoms with Gasteiger partial charge in [-0.3, -0.25) is 0 Å². The molecule has 5 nitrogen and oxygen atoms in total. The van der Waals surface area contributed by atoms with E-state index in [0.29, 0.717) is 22.3 Å². The third kappa shape index (κ3) is 5.65. The highest BCUT2D eigenvalue weighted by atomic mass is 35.5. The summed E-state index contributed by atoms with van der Waals surface area (Å²) in [6.07, 6.45) is 3.03. The maximum atomic E-state index is 11.8. The fourth-order valence-corrected chi connectivity index (χ4v) is 2.93. The summed E-state index contributed by atoms with van der Waals surface area (Å²) in [5, 5.41) is 16.1. The van der Waals surface area contributed by atoms with Crippen LogP contribution in [-0.4, -0.2) is 48.3 Å². The number of aliphatic hydroxyl groups is 1. The van der Waals surface area contributed by atoms with Gasteiger partial charge in [-0.15, -0.1) is 0 Å². The SMILES string of the molecule is O=C(NC[C@@H](O)CN1CCCCC1)Nc1ccc(Cl)cc1Cl. The molecule has 1 aromatic carbocycles. The van der Waals surface area contributed by atoms with Crippen molar-refractivity contribution in [3.8, 4) is 0 Å². The number of likely N-dealkylation sites (tertiary alicyclic amines) is 1. The van der Waals surface area contributed by atoms with Crippen molar-refractivity contribution in [1.82, 2.24) is 10.2 Å². The number of piperidine rings is 1. The average Bonchev–Trinajstić information content (AvgIpc) is 2.49. The Hall–Kier alpha value is -1.01. The van der Waals surface area contributed by atoms with Gasteiger partial charge in [0.2, 0.25) is 0 Å². The predicted molar refractivity (Wildman–Crippen MR) is 89.8 cm³/mol. The van der Waals surface area contributed by atoms with E-state index >= 15 is 0 Å². The Bertz CT molecular complexity index is 508. The molecule has 22 heavy (non-hydrogen) atoms. The van der Waals surface area contributed by atoms with Crippen LogP contribution in [0.1, 0.15) is 19.3 Å². The summed E-state index contributed by atoms with van der Waals surface area (Å²) in [6.45, 7) is 2.82. The second-order valence-corrected chi connectivity index (χ2v) is 6.32. The summed E-state index contributed by atoms with van der Waals surface area (Å²) in [5.41, 5.74) is 0.481. The van der Waals surface area contributed by atoms with Crippen LogP contribution in [0, 0.1) is 0 Å². The molecular formula is C15H21Cl2N3O2. The van der Waals surface area contributed by atoms with E-state index in [9.17, 15) is 9.90 Å². The number of hydrogen-bond donors (Lipinski definition) is 3. The molecule has 1 fully saturated rings. The van der Waals surface area contributed by atoms with Crippen LogP contribution in [0.2, 0.25) is 10.0 Å². The number of rotatable bonds is 5. The lowest BCUT2D eigenvalue weighted by molar-refractivity contribution is 0.102. The number of anilines is 1. The quantitative estimate of drug-likeness (QED) is 0.768. The fraction of sp³-hybridized carbons (Fsp3) is 0.533. The molecule has 3 N–H and O–H groups in total. The van der Waals surface area contributed by atoms with Crippen molar-refractivity contribution in [2.75, 3.05) is 31.5 Å². The zero-order valence-electron chi connectivity index (χ0n) is 12.3. The van der Waals surface area contributed by atoms with Gasteiger partial charge in [-0.1, -0.05) is 29.6 Å². The molecule has 1 aromatic rings. The van der Waals surface area contributed by atoms with Gasteiger partial charge in [0.25, 0.3) is 0 Å². The molecule has 2 amide bonds. The molecule has 1 aliphatic rings. The molecule has 0 radical (unpaired) electrons. The second-order valence-electron chi connectivity index (χ2n) is 5.47. The van der Waals surface area contributed by atoms with Gasteiger partial charge in [0.05, 0.1) is 16.8 Å². The van der Waals surface area contributed by atoms with E-state index in [4.69, 9.17) is 23.2 Å². The lowest BCUT2D eigenvalue weighted by Gasteiger charge is -2.28. The minimum absolute atomic E-state index is 0.202. The highest BCUT2D eigenvalue weighted by Crippen LogP contribution is 2.25. The van der Waals surface area contributed by atoms with Crippen molar-refractivity contribution >= 4 is 34.9 Å². The highest BCUT2D eigenvalue weighted by molar-refractivity contribution is 6.36. The lowest BCUT2D eigenvalue weighted by Crippen LogP contribution is -2.43. The maximum Gasteiger partial charge on any atom is 0.319 e. The molecule has 122 valence electrons. The molecule has 1 atom stereocenters. The minimum Gasteiger partial charge on any atom is -0.390 e. The number of aliphatic hydroxyl groups excluding tert-OH is 1. The van der Waals surface area contributed by atoms with Gasteiger partial charge in [-0.05, 0) is 44.1 Å². The van der Waals surface area contributed by atoms with Gasteiger partial charge in [-0.2, -0.15) is 0 Å². The summed E-state index contributed by atoms with van der Waals surface area (Å²) >= 11 is 11.8. The van der Waals surface area contributed by atoms with E-state index in [0.717, 1.165) is 13.1 Å². The van der Waals surface area contributed by atoms with Crippen molar-refractivity contribution in [2.24, 2.45) is 0 Å². The standard InChI is InChI=1S/C15H21Cl2N3O2/c16-11-4-5-14(13(17)8-11)19-15(22)18-9-12(21)10-20-6-2-1-3-7-20/h4-5,8,12,21H,1-3,6-7,9-10H2,(H2,18,19,22)/t12-/m1/s1. The number of nitrogens with one attached hydrogen (secondary N) is 2. The topological polar surface area (TPSA) is 64.6 Å². The van der Waals surface area contributed by atoms with Crippen molar-refractivity contribution in [1.29, 1.82) is 0 Å². The average molecular weight is 346 g/mol. The van der Waals surface area contributed by atoms with Crippen LogP contribution in [0.15, 0.2) is 18.2 Å². The Labute approximate surface area is 140 Å². The summed E-state index contributed by atoms with van der Waals surface area (Å²) in [5.74, 6) is 0. The van der Waals surface area contributed by atoms with Gasteiger partial charge in [0.15, 0.2) is 0 Å². The first-order chi connectivity index (χ1) is 10.5. The first-order valence-electron chi connectivity index (χ1n) is 7.45. The van der Waals surface area contributed by atoms with E-state index < -0.39 is 12.1 Å². The Morgan fingerprint density at radius 2 is 2.00 bits per heavy atom. The summed E-state index contributed by atoms with van der Waals surface area (Å²) in [7, 11) is 0. The summed E-state index contributed by atoms with van der Waals surface area (Å²) in [4.78, 5) is 14.0. The van der Waals surface area contributed by atoms with Crippen LogP contribution < -0.4 is 10.6 Å². The Kier molecular flexibility index (Phi) is 6.76. The number of carbonyl (C=O) groups is 1. The monoisotopic (exact) mass is 345 g/mol. The largest absolute Gasteiger partial charge is 0.390 e. The number of nitrogens with zero attached hydrogens (tertiary/aromatic N) is 1. The number of carbonyl (C=O) groups excluding carboxylic acids is 1. The zero-order chi connectivity index (χ0) is 15.9. The van der Waals surface area contributed by atoms with Crippen LogP contribution in [0.25, 0.3) is 0 Å². The Morgan fingerprint density at radius 3 is 2.68 bits per heavy atom. The van der Waals surface area contributed by atoms with Crippen molar-refractivity contribution < 1.29 is 9.90 Å². The highest BCUT2D eigenvalue weighted by Gasteiger charge is 2.15. The van der Waals surface area contributed by atoms with Gasteiger partial charge in [0, 0.05) is 18.1 Å². The Morgan fingerprint density at radius 1 is 1.27 bits per heavy atom. The van der Waals surface area contributed by atoms with Gasteiger partial charge in [0.1, 0.15) is 0 Å². The molecule has 0 spiro atoms. The smallest absolute Gasteiger partial charge is 0.319 e. The van der Waals surface area contributed by atoms with E-state index in [1.807, 2.05) is 0 Å². The van der Waals surface area contributed by atoms with E-state index in [1.165, 1.54) is 19.3 Å². The fourth-order valence-electron chi connectivity index (χ4n) is 2.47. The number of amides is 2. The van der Waals surface area contributed by atoms with Crippen LogP contribution in [0.5, 0.6) is 0 Å². The number of halogens is 2. The number of hydrogen-bond acceptors (Lipinski definition) is 3. The maximum absolute atomic E-state index is 11.8. The van der Waals surface area contributed by atoms with Gasteiger partial charge < -0.3 is 20.6 Å². The summed E-state index contributed by atoms with van der Waals surface area (Å²) in [6, 6.07) is 4.44. The van der Waals surface area contributed by atoms with E-state index in [-0.39, 0.29) is 6.54 Å². The molecule has 0 unspecified atom stereocenters. The molecule has 2 rings (SSSR count). The number of β-amino-alcohol motifs (C(OH)–C–C–N with tert-alkyl or cyclic N) is 1. The normalized spacial score (nSPS) is 17.0. The number of benzene rings is 1. The third-order valence-corrected chi connectivity index (χ3v) is 4.14. The van der Waals surface area contributed by atoms with Crippen molar-refractivity contribution in [3.63, 3.8) is 0 Å². The van der Waals surface area contributed by atoms with Gasteiger partial charge >= 0.3 is 6.03 Å². The van der Waals surface area contributed by atoms with E-state index in [1.54, 1.807) is 18.2 Å². The first-order valence-corrected chi connectivity index (χ1v) is 8.20. The van der Waals surface area contributed by atoms with Crippen LogP contribution in [0.4, 0.5) is 10.5 Å². The van der Waals surface area contributed by atoms with Crippen LogP contribution in [-0.2, 0) is 0 Å². The molecule has 1 saturated heterocycles. The van der Waals surface area contributed by atoms with Crippen molar-refractivity contribution in [3.05, 3.63) is 28.2 Å². The third-order valence-electron chi connectivity index (χ3n) is 3.60. The second kappa shape index (κ2) is 8.58. The Balaban J connectivity index is 1.72. The molecule has 0 aromatic heterocycles. The van der Waals surface area contributed by atoms with Crippen LogP contribution in [0.3, 0.4) is 0 Å². The van der Waals surface area contributed by atoms with Crippen LogP contribution >= 0.6 is 23.2 Å². The predicted octanol–water partition coefficient (Wildman–Crippen LogP) is 2.96. The minimum atomic E-state index is -0.579. The molecule has 1 aliphatic heterocycles. The lowest BCUT2D eigenvalue weighted by atomic mass is 10.1. The molecule has 1 heterocycles. The molecule has 0 bridgehead atoms. The molecule has 0 saturated carbocycles. The van der Waals surface area contributed by atoms with Crippen molar-refractivity contribution in [2.45, 2.75) is 25.4 Å². The molecule has 0 aliphatic carbocycles. The number of urea groups is 1.